The van der Waals surface area contributed by atoms with Crippen LogP contribution in [0.25, 0.3) is 21.0 Å². The number of benzene rings is 3. The summed E-state index contributed by atoms with van der Waals surface area (Å²) in [6, 6.07) is 17.2. The average molecular weight is 412 g/mol. The fourth-order valence-corrected chi connectivity index (χ4v) is 4.10. The van der Waals surface area contributed by atoms with Gasteiger partial charge in [-0.2, -0.15) is 0 Å². The van der Waals surface area contributed by atoms with E-state index in [-0.39, 0.29) is 11.0 Å². The molecule has 0 spiro atoms. The predicted molar refractivity (Wildman–Crippen MR) is 117 cm³/mol. The molecule has 1 aromatic heterocycles. The molecule has 1 amide bonds. The number of thiazole rings is 1. The van der Waals surface area contributed by atoms with Crippen LogP contribution in [0.4, 0.5) is 5.13 Å². The standard InChI is InChI=1S/C20H14ClN3OS2/c1-11-8-17-16(10-15(11)21)22-20(27-17)24-19(26)23-18(25)14-7-6-12-4-2-3-5-13(12)9-14/h2-10H,1H3,(H2,22,23,24,25,26). The number of aryl methyl sites for hydroxylation is 1. The van der Waals surface area contributed by atoms with Gasteiger partial charge in [0.15, 0.2) is 10.2 Å². The highest BCUT2D eigenvalue weighted by Crippen LogP contribution is 2.30. The van der Waals surface area contributed by atoms with Crippen molar-refractivity contribution in [3.8, 4) is 0 Å². The summed E-state index contributed by atoms with van der Waals surface area (Å²) in [5.74, 6) is -0.266. The van der Waals surface area contributed by atoms with Crippen LogP contribution in [0.3, 0.4) is 0 Å². The molecule has 4 nitrogen and oxygen atoms in total. The van der Waals surface area contributed by atoms with Crippen molar-refractivity contribution in [1.82, 2.24) is 10.3 Å². The lowest BCUT2D eigenvalue weighted by Gasteiger charge is -2.08. The number of thiocarbonyl (C=S) groups is 1. The Balaban J connectivity index is 1.49. The monoisotopic (exact) mass is 411 g/mol. The normalized spacial score (nSPS) is 10.9. The molecule has 0 saturated carbocycles. The third kappa shape index (κ3) is 3.78. The van der Waals surface area contributed by atoms with Crippen LogP contribution >= 0.6 is 35.2 Å². The van der Waals surface area contributed by atoms with E-state index in [0.29, 0.717) is 15.7 Å². The van der Waals surface area contributed by atoms with Crippen molar-refractivity contribution >= 4 is 72.3 Å². The quantitative estimate of drug-likeness (QED) is 0.425. The highest BCUT2D eigenvalue weighted by molar-refractivity contribution is 7.80. The summed E-state index contributed by atoms with van der Waals surface area (Å²) in [5.41, 5.74) is 2.33. The SMILES string of the molecule is Cc1cc2sc(NC(=S)NC(=O)c3ccc4ccccc4c3)nc2cc1Cl. The van der Waals surface area contributed by atoms with Crippen molar-refractivity contribution in [2.75, 3.05) is 5.32 Å². The Morgan fingerprint density at radius 3 is 2.70 bits per heavy atom. The van der Waals surface area contributed by atoms with Gasteiger partial charge < -0.3 is 5.32 Å². The Kier molecular flexibility index (Phi) is 4.78. The van der Waals surface area contributed by atoms with Crippen LogP contribution in [0.15, 0.2) is 54.6 Å². The fourth-order valence-electron chi connectivity index (χ4n) is 2.74. The van der Waals surface area contributed by atoms with Crippen molar-refractivity contribution in [3.05, 3.63) is 70.7 Å². The lowest BCUT2D eigenvalue weighted by atomic mass is 10.1. The van der Waals surface area contributed by atoms with Crippen LogP contribution in [0.2, 0.25) is 5.02 Å². The van der Waals surface area contributed by atoms with Crippen LogP contribution in [-0.2, 0) is 0 Å². The van der Waals surface area contributed by atoms with Gasteiger partial charge in [0.25, 0.3) is 5.91 Å². The summed E-state index contributed by atoms with van der Waals surface area (Å²) < 4.78 is 1.00. The second kappa shape index (κ2) is 7.23. The summed E-state index contributed by atoms with van der Waals surface area (Å²) in [7, 11) is 0. The van der Waals surface area contributed by atoms with E-state index in [1.807, 2.05) is 55.5 Å². The van der Waals surface area contributed by atoms with E-state index in [0.717, 1.165) is 26.6 Å². The van der Waals surface area contributed by atoms with Gasteiger partial charge in [-0.15, -0.1) is 0 Å². The van der Waals surface area contributed by atoms with E-state index in [1.165, 1.54) is 11.3 Å². The number of carbonyl (C=O) groups is 1. The summed E-state index contributed by atoms with van der Waals surface area (Å²) in [6.07, 6.45) is 0. The Labute approximate surface area is 170 Å². The van der Waals surface area contributed by atoms with Crippen LogP contribution < -0.4 is 10.6 Å². The smallest absolute Gasteiger partial charge is 0.257 e. The Morgan fingerprint density at radius 2 is 1.89 bits per heavy atom. The molecule has 1 heterocycles. The zero-order chi connectivity index (χ0) is 19.0. The second-order valence-electron chi connectivity index (χ2n) is 6.06. The summed E-state index contributed by atoms with van der Waals surface area (Å²) in [4.78, 5) is 16.9. The number of hydrogen-bond donors (Lipinski definition) is 2. The van der Waals surface area contributed by atoms with E-state index in [2.05, 4.69) is 15.6 Å². The van der Waals surface area contributed by atoms with Crippen LogP contribution in [0.5, 0.6) is 0 Å². The minimum Gasteiger partial charge on any atom is -0.308 e. The molecule has 4 rings (SSSR count). The average Bonchev–Trinajstić information content (AvgIpc) is 3.02. The number of hydrogen-bond acceptors (Lipinski definition) is 4. The molecule has 134 valence electrons. The molecule has 0 radical (unpaired) electrons. The number of fused-ring (bicyclic) bond motifs is 2. The fraction of sp³-hybridized carbons (Fsp3) is 0.0500. The molecule has 0 unspecified atom stereocenters. The van der Waals surface area contributed by atoms with Crippen molar-refractivity contribution in [2.24, 2.45) is 0 Å². The van der Waals surface area contributed by atoms with E-state index in [9.17, 15) is 4.79 Å². The van der Waals surface area contributed by atoms with E-state index >= 15 is 0 Å². The van der Waals surface area contributed by atoms with Crippen LogP contribution in [0, 0.1) is 6.92 Å². The molecule has 0 bridgehead atoms. The second-order valence-corrected chi connectivity index (χ2v) is 7.90. The molecule has 0 atom stereocenters. The molecular weight excluding hydrogens is 398 g/mol. The molecule has 27 heavy (non-hydrogen) atoms. The summed E-state index contributed by atoms with van der Waals surface area (Å²) >= 11 is 12.9. The van der Waals surface area contributed by atoms with E-state index < -0.39 is 0 Å². The maximum atomic E-state index is 12.5. The van der Waals surface area contributed by atoms with Crippen molar-refractivity contribution in [1.29, 1.82) is 0 Å². The Morgan fingerprint density at radius 1 is 1.11 bits per heavy atom. The lowest BCUT2D eigenvalue weighted by Crippen LogP contribution is -2.34. The lowest BCUT2D eigenvalue weighted by molar-refractivity contribution is 0.0978. The number of aromatic nitrogens is 1. The number of amides is 1. The molecule has 7 heteroatoms. The molecule has 2 N–H and O–H groups in total. The molecule has 0 aliphatic rings. The molecule has 0 aliphatic carbocycles. The van der Waals surface area contributed by atoms with Gasteiger partial charge in [-0.25, -0.2) is 4.98 Å². The van der Waals surface area contributed by atoms with E-state index in [1.54, 1.807) is 6.07 Å². The Hall–Kier alpha value is -2.54. The first-order chi connectivity index (χ1) is 13.0. The number of halogens is 1. The van der Waals surface area contributed by atoms with Gasteiger partial charge in [-0.3, -0.25) is 10.1 Å². The van der Waals surface area contributed by atoms with Crippen molar-refractivity contribution in [3.63, 3.8) is 0 Å². The molecule has 0 saturated heterocycles. The highest BCUT2D eigenvalue weighted by Gasteiger charge is 2.11. The van der Waals surface area contributed by atoms with Gasteiger partial charge in [0, 0.05) is 10.6 Å². The third-order valence-corrected chi connectivity index (χ3v) is 5.67. The number of rotatable bonds is 2. The maximum Gasteiger partial charge on any atom is 0.257 e. The zero-order valence-electron chi connectivity index (χ0n) is 14.2. The minimum atomic E-state index is -0.266. The summed E-state index contributed by atoms with van der Waals surface area (Å²) in [6.45, 7) is 1.95. The summed E-state index contributed by atoms with van der Waals surface area (Å²) in [5, 5.41) is 9.24. The van der Waals surface area contributed by atoms with Gasteiger partial charge in [-0.1, -0.05) is 53.3 Å². The molecule has 0 fully saturated rings. The number of carbonyl (C=O) groups excluding carboxylic acids is 1. The number of nitrogens with one attached hydrogen (secondary N) is 2. The van der Waals surface area contributed by atoms with Crippen molar-refractivity contribution < 1.29 is 4.79 Å². The van der Waals surface area contributed by atoms with E-state index in [4.69, 9.17) is 23.8 Å². The Bertz CT molecular complexity index is 1160. The molecular formula is C20H14ClN3OS2. The van der Waals surface area contributed by atoms with Gasteiger partial charge in [-0.05, 0) is 59.7 Å². The first kappa shape index (κ1) is 17.9. The van der Waals surface area contributed by atoms with Gasteiger partial charge in [0.1, 0.15) is 0 Å². The topological polar surface area (TPSA) is 54.0 Å². The largest absolute Gasteiger partial charge is 0.308 e. The third-order valence-electron chi connectivity index (χ3n) is 4.13. The maximum absolute atomic E-state index is 12.5. The zero-order valence-corrected chi connectivity index (χ0v) is 16.6. The van der Waals surface area contributed by atoms with Gasteiger partial charge in [0.2, 0.25) is 0 Å². The van der Waals surface area contributed by atoms with Gasteiger partial charge in [0.05, 0.1) is 10.2 Å². The minimum absolute atomic E-state index is 0.204. The molecule has 4 aromatic rings. The van der Waals surface area contributed by atoms with Crippen LogP contribution in [-0.4, -0.2) is 16.0 Å². The van der Waals surface area contributed by atoms with Gasteiger partial charge >= 0.3 is 0 Å². The van der Waals surface area contributed by atoms with Crippen molar-refractivity contribution in [2.45, 2.75) is 6.92 Å². The highest BCUT2D eigenvalue weighted by atomic mass is 35.5. The molecule has 3 aromatic carbocycles. The molecule has 0 aliphatic heterocycles. The number of nitrogens with zero attached hydrogens (tertiary/aromatic N) is 1. The van der Waals surface area contributed by atoms with Crippen LogP contribution in [0.1, 0.15) is 15.9 Å². The first-order valence-corrected chi connectivity index (χ1v) is 9.78. The number of anilines is 1. The predicted octanol–water partition coefficient (Wildman–Crippen LogP) is 5.54. The first-order valence-electron chi connectivity index (χ1n) is 8.17.